The number of ketones is 1. The van der Waals surface area contributed by atoms with E-state index in [0.717, 1.165) is 7.11 Å². The predicted molar refractivity (Wildman–Crippen MR) is 61.1 cm³/mol. The van der Waals surface area contributed by atoms with Crippen LogP contribution in [0.3, 0.4) is 0 Å². The zero-order chi connectivity index (χ0) is 15.7. The highest BCUT2D eigenvalue weighted by atomic mass is 79.9. The SMILES string of the molecule is COc1cc(C(=O)CBr)c(C(F)(F)F)cc1C(F)(F)F. The molecule has 0 aliphatic heterocycles. The van der Waals surface area contributed by atoms with Crippen LogP contribution in [0.15, 0.2) is 12.1 Å². The summed E-state index contributed by atoms with van der Waals surface area (Å²) in [5, 5.41) is -0.454. The van der Waals surface area contributed by atoms with Crippen LogP contribution < -0.4 is 4.74 Å². The van der Waals surface area contributed by atoms with Crippen molar-refractivity contribution in [3.63, 3.8) is 0 Å². The van der Waals surface area contributed by atoms with Gasteiger partial charge < -0.3 is 4.74 Å². The van der Waals surface area contributed by atoms with Gasteiger partial charge in [-0.1, -0.05) is 15.9 Å². The minimum Gasteiger partial charge on any atom is -0.496 e. The van der Waals surface area contributed by atoms with E-state index in [4.69, 9.17) is 0 Å². The van der Waals surface area contributed by atoms with E-state index in [0.29, 0.717) is 6.07 Å². The fourth-order valence-electron chi connectivity index (χ4n) is 1.51. The van der Waals surface area contributed by atoms with Gasteiger partial charge in [0.15, 0.2) is 5.78 Å². The fourth-order valence-corrected chi connectivity index (χ4v) is 1.81. The molecule has 1 aromatic rings. The molecule has 2 nitrogen and oxygen atoms in total. The number of benzene rings is 1. The number of carbonyl (C=O) groups is 1. The quantitative estimate of drug-likeness (QED) is 0.453. The van der Waals surface area contributed by atoms with Crippen LogP contribution in [0.5, 0.6) is 5.75 Å². The number of halogens is 7. The monoisotopic (exact) mass is 364 g/mol. The molecule has 0 N–H and O–H groups in total. The molecule has 0 atom stereocenters. The lowest BCUT2D eigenvalue weighted by Gasteiger charge is -2.18. The first-order chi connectivity index (χ1) is 9.02. The molecular weight excluding hydrogens is 358 g/mol. The Kier molecular flexibility index (Phi) is 4.73. The summed E-state index contributed by atoms with van der Waals surface area (Å²) < 4.78 is 80.8. The van der Waals surface area contributed by atoms with Gasteiger partial charge in [-0.05, 0) is 12.1 Å². The van der Waals surface area contributed by atoms with E-state index in [2.05, 4.69) is 20.7 Å². The molecule has 0 aromatic heterocycles. The minimum atomic E-state index is -5.08. The van der Waals surface area contributed by atoms with Gasteiger partial charge in [0.2, 0.25) is 0 Å². The molecule has 0 amide bonds. The summed E-state index contributed by atoms with van der Waals surface area (Å²) in [5.74, 6) is -1.83. The lowest BCUT2D eigenvalue weighted by atomic mass is 9.99. The van der Waals surface area contributed by atoms with Crippen molar-refractivity contribution in [1.29, 1.82) is 0 Å². The largest absolute Gasteiger partial charge is 0.496 e. The summed E-state index contributed by atoms with van der Waals surface area (Å²) in [5.41, 5.74) is -4.10. The maximum absolute atomic E-state index is 12.8. The van der Waals surface area contributed by atoms with Gasteiger partial charge in [-0.15, -0.1) is 0 Å². The van der Waals surface area contributed by atoms with E-state index in [1.807, 2.05) is 0 Å². The second kappa shape index (κ2) is 5.63. The molecule has 1 aromatic carbocycles. The summed E-state index contributed by atoms with van der Waals surface area (Å²) in [6.07, 6.45) is -10.1. The van der Waals surface area contributed by atoms with Gasteiger partial charge in [0, 0.05) is 5.56 Å². The molecule has 0 bridgehead atoms. The number of Topliss-reactive ketones (excluding diaryl/α,β-unsaturated/α-hetero) is 1. The fraction of sp³-hybridized carbons (Fsp3) is 0.364. The zero-order valence-electron chi connectivity index (χ0n) is 9.82. The van der Waals surface area contributed by atoms with Crippen LogP contribution >= 0.6 is 15.9 Å². The summed E-state index contributed by atoms with van der Waals surface area (Å²) in [7, 11) is 0.875. The first-order valence-corrected chi connectivity index (χ1v) is 6.10. The first-order valence-electron chi connectivity index (χ1n) is 4.98. The summed E-state index contributed by atoms with van der Waals surface area (Å²) in [6, 6.07) is 0.337. The highest BCUT2D eigenvalue weighted by molar-refractivity contribution is 9.09. The molecule has 9 heteroatoms. The van der Waals surface area contributed by atoms with Crippen LogP contribution in [0, 0.1) is 0 Å². The van der Waals surface area contributed by atoms with Crippen LogP contribution in [0.25, 0.3) is 0 Å². The Morgan fingerprint density at radius 2 is 1.60 bits per heavy atom. The second-order valence-corrected chi connectivity index (χ2v) is 4.21. The van der Waals surface area contributed by atoms with Gasteiger partial charge in [0.1, 0.15) is 5.75 Å². The molecule has 1 rings (SSSR count). The average Bonchev–Trinajstić information content (AvgIpc) is 2.33. The molecule has 0 saturated carbocycles. The number of ether oxygens (including phenoxy) is 1. The molecule has 0 aliphatic carbocycles. The van der Waals surface area contributed by atoms with Crippen molar-refractivity contribution in [3.05, 3.63) is 28.8 Å². The second-order valence-electron chi connectivity index (χ2n) is 3.65. The summed E-state index contributed by atoms with van der Waals surface area (Å²) >= 11 is 2.68. The maximum atomic E-state index is 12.8. The molecule has 20 heavy (non-hydrogen) atoms. The number of alkyl halides is 7. The Labute approximate surface area is 117 Å². The standard InChI is InChI=1S/C11H7BrF6O2/c1-20-9-2-5(8(19)4-12)6(10(13,14)15)3-7(9)11(16,17)18/h2-3H,4H2,1H3. The Bertz CT molecular complexity index is 521. The van der Waals surface area contributed by atoms with Crippen molar-refractivity contribution in [3.8, 4) is 5.75 Å². The van der Waals surface area contributed by atoms with Crippen LogP contribution in [0.2, 0.25) is 0 Å². The van der Waals surface area contributed by atoms with E-state index in [1.165, 1.54) is 0 Å². The zero-order valence-corrected chi connectivity index (χ0v) is 11.4. The van der Waals surface area contributed by atoms with Gasteiger partial charge in [0.25, 0.3) is 0 Å². The highest BCUT2D eigenvalue weighted by Gasteiger charge is 2.41. The molecule has 0 aliphatic rings. The molecule has 112 valence electrons. The maximum Gasteiger partial charge on any atom is 0.419 e. The van der Waals surface area contributed by atoms with Crippen LogP contribution in [-0.2, 0) is 12.4 Å². The van der Waals surface area contributed by atoms with E-state index >= 15 is 0 Å². The van der Waals surface area contributed by atoms with Crippen molar-refractivity contribution in [2.75, 3.05) is 12.4 Å². The average molecular weight is 365 g/mol. The van der Waals surface area contributed by atoms with E-state index in [9.17, 15) is 31.1 Å². The minimum absolute atomic E-state index is 0.116. The van der Waals surface area contributed by atoms with Crippen LogP contribution in [0.4, 0.5) is 26.3 Å². The number of methoxy groups -OCH3 is 1. The topological polar surface area (TPSA) is 26.3 Å². The number of rotatable bonds is 3. The van der Waals surface area contributed by atoms with Gasteiger partial charge in [0.05, 0.1) is 23.6 Å². The summed E-state index contributed by atoms with van der Waals surface area (Å²) in [6.45, 7) is 0. The molecular formula is C11H7BrF6O2. The number of hydrogen-bond donors (Lipinski definition) is 0. The first kappa shape index (κ1) is 16.8. The van der Waals surface area contributed by atoms with Crippen LogP contribution in [-0.4, -0.2) is 18.2 Å². The molecule has 0 saturated heterocycles. The van der Waals surface area contributed by atoms with E-state index < -0.39 is 45.9 Å². The third kappa shape index (κ3) is 3.44. The Balaban J connectivity index is 3.67. The molecule has 0 heterocycles. The Morgan fingerprint density at radius 3 is 1.95 bits per heavy atom. The molecule has 0 fully saturated rings. The molecule has 0 spiro atoms. The lowest BCUT2D eigenvalue weighted by Crippen LogP contribution is -2.17. The van der Waals surface area contributed by atoms with E-state index in [1.54, 1.807) is 0 Å². The third-order valence-electron chi connectivity index (χ3n) is 2.37. The molecule has 0 radical (unpaired) electrons. The van der Waals surface area contributed by atoms with Gasteiger partial charge in [-0.3, -0.25) is 4.79 Å². The van der Waals surface area contributed by atoms with Crippen LogP contribution in [0.1, 0.15) is 21.5 Å². The van der Waals surface area contributed by atoms with E-state index in [-0.39, 0.29) is 6.07 Å². The van der Waals surface area contributed by atoms with Crippen molar-refractivity contribution in [2.24, 2.45) is 0 Å². The Hall–Kier alpha value is -1.25. The lowest BCUT2D eigenvalue weighted by molar-refractivity contribution is -0.144. The van der Waals surface area contributed by atoms with Crippen molar-refractivity contribution in [1.82, 2.24) is 0 Å². The number of carbonyl (C=O) groups excluding carboxylic acids is 1. The Morgan fingerprint density at radius 1 is 1.10 bits per heavy atom. The molecule has 0 unspecified atom stereocenters. The van der Waals surface area contributed by atoms with Crippen molar-refractivity contribution in [2.45, 2.75) is 12.4 Å². The van der Waals surface area contributed by atoms with Gasteiger partial charge >= 0.3 is 12.4 Å². The van der Waals surface area contributed by atoms with Gasteiger partial charge in [-0.2, -0.15) is 26.3 Å². The number of hydrogen-bond acceptors (Lipinski definition) is 2. The summed E-state index contributed by atoms with van der Waals surface area (Å²) in [4.78, 5) is 11.4. The van der Waals surface area contributed by atoms with Crippen molar-refractivity contribution >= 4 is 21.7 Å². The normalized spacial score (nSPS) is 12.4. The van der Waals surface area contributed by atoms with Crippen molar-refractivity contribution < 1.29 is 35.9 Å². The third-order valence-corrected chi connectivity index (χ3v) is 2.88. The predicted octanol–water partition coefficient (Wildman–Crippen LogP) is 4.31. The smallest absolute Gasteiger partial charge is 0.419 e. The highest BCUT2D eigenvalue weighted by Crippen LogP contribution is 2.42. The van der Waals surface area contributed by atoms with Gasteiger partial charge in [-0.25, -0.2) is 0 Å².